The Morgan fingerprint density at radius 3 is 2.88 bits per heavy atom. The number of rotatable bonds is 1. The van der Waals surface area contributed by atoms with Crippen LogP contribution in [0.2, 0.25) is 0 Å². The molecule has 1 aliphatic heterocycles. The Kier molecular flexibility index (Phi) is 3.40. The van der Waals surface area contributed by atoms with Gasteiger partial charge in [0.2, 0.25) is 0 Å². The molecule has 5 rings (SSSR count). The molecule has 5 atom stereocenters. The van der Waals surface area contributed by atoms with Crippen molar-refractivity contribution in [2.75, 3.05) is 6.61 Å². The van der Waals surface area contributed by atoms with Gasteiger partial charge in [0.25, 0.3) is 0 Å². The number of hydrogen-bond acceptors (Lipinski definition) is 2. The van der Waals surface area contributed by atoms with E-state index in [4.69, 9.17) is 4.74 Å². The summed E-state index contributed by atoms with van der Waals surface area (Å²) >= 11 is 0. The van der Waals surface area contributed by atoms with Gasteiger partial charge in [0.1, 0.15) is 5.78 Å². The average molecular weight is 326 g/mol. The first-order valence-electron chi connectivity index (χ1n) is 10.2. The van der Waals surface area contributed by atoms with Crippen molar-refractivity contribution in [3.8, 4) is 0 Å². The molecule has 0 amide bonds. The summed E-state index contributed by atoms with van der Waals surface area (Å²) in [5.74, 6) is 2.94. The van der Waals surface area contributed by atoms with Crippen molar-refractivity contribution in [3.63, 3.8) is 0 Å². The molecule has 2 heteroatoms. The third kappa shape index (κ3) is 1.84. The van der Waals surface area contributed by atoms with Crippen LogP contribution in [0.1, 0.15) is 71.1 Å². The topological polar surface area (TPSA) is 26.3 Å². The van der Waals surface area contributed by atoms with Crippen molar-refractivity contribution in [3.05, 3.63) is 23.3 Å². The number of carbonyl (C=O) groups excluding carboxylic acids is 1. The summed E-state index contributed by atoms with van der Waals surface area (Å²) in [6, 6.07) is 0. The van der Waals surface area contributed by atoms with E-state index in [1.54, 1.807) is 11.1 Å². The maximum Gasteiger partial charge on any atom is 0.137 e. The van der Waals surface area contributed by atoms with Gasteiger partial charge >= 0.3 is 0 Å². The molecule has 3 unspecified atom stereocenters. The molecule has 0 aromatic heterocycles. The molecule has 2 nitrogen and oxygen atoms in total. The summed E-state index contributed by atoms with van der Waals surface area (Å²) in [4.78, 5) is 11.9. The SMILES string of the molecule is CC[C@]12CCC3C4=C(CCC3C1CC[C@@]21C=CCO1)CC(=O)CC4. The molecule has 0 bridgehead atoms. The Morgan fingerprint density at radius 2 is 2.08 bits per heavy atom. The molecule has 0 aromatic rings. The van der Waals surface area contributed by atoms with Crippen LogP contribution in [0.4, 0.5) is 0 Å². The lowest BCUT2D eigenvalue weighted by Crippen LogP contribution is -2.52. The smallest absolute Gasteiger partial charge is 0.137 e. The Bertz CT molecular complexity index is 630. The van der Waals surface area contributed by atoms with Crippen molar-refractivity contribution in [2.45, 2.75) is 76.7 Å². The molecule has 2 saturated carbocycles. The lowest BCUT2D eigenvalue weighted by molar-refractivity contribution is -0.120. The maximum atomic E-state index is 11.9. The first-order valence-corrected chi connectivity index (χ1v) is 10.2. The van der Waals surface area contributed by atoms with Crippen molar-refractivity contribution in [2.24, 2.45) is 23.2 Å². The molecular weight excluding hydrogens is 296 g/mol. The Hall–Kier alpha value is -0.890. The molecule has 1 heterocycles. The minimum atomic E-state index is 0.0502. The van der Waals surface area contributed by atoms with E-state index in [0.29, 0.717) is 11.2 Å². The fourth-order valence-corrected chi connectivity index (χ4v) is 7.59. The molecule has 0 aromatic carbocycles. The summed E-state index contributed by atoms with van der Waals surface area (Å²) in [6.45, 7) is 3.22. The summed E-state index contributed by atoms with van der Waals surface area (Å²) in [5, 5.41) is 0. The van der Waals surface area contributed by atoms with Gasteiger partial charge in [0.05, 0.1) is 12.2 Å². The Labute approximate surface area is 145 Å². The third-order valence-electron chi connectivity index (χ3n) is 8.53. The van der Waals surface area contributed by atoms with E-state index in [0.717, 1.165) is 43.6 Å². The molecule has 4 aliphatic carbocycles. The molecule has 1 spiro atoms. The van der Waals surface area contributed by atoms with Crippen LogP contribution in [0.25, 0.3) is 0 Å². The molecule has 5 aliphatic rings. The van der Waals surface area contributed by atoms with Crippen LogP contribution < -0.4 is 0 Å². The predicted octanol–water partition coefficient (Wildman–Crippen LogP) is 4.99. The van der Waals surface area contributed by atoms with Crippen LogP contribution in [0.5, 0.6) is 0 Å². The molecule has 24 heavy (non-hydrogen) atoms. The fraction of sp³-hybridized carbons (Fsp3) is 0.773. The molecule has 130 valence electrons. The fourth-order valence-electron chi connectivity index (χ4n) is 7.59. The van der Waals surface area contributed by atoms with Crippen molar-refractivity contribution in [1.29, 1.82) is 0 Å². The van der Waals surface area contributed by atoms with Crippen LogP contribution in [0.15, 0.2) is 23.3 Å². The molecular formula is C22H30O2. The monoisotopic (exact) mass is 326 g/mol. The number of fused-ring (bicyclic) bond motifs is 5. The van der Waals surface area contributed by atoms with Crippen molar-refractivity contribution >= 4 is 5.78 Å². The predicted molar refractivity (Wildman–Crippen MR) is 94.6 cm³/mol. The van der Waals surface area contributed by atoms with E-state index in [2.05, 4.69) is 19.1 Å². The summed E-state index contributed by atoms with van der Waals surface area (Å²) < 4.78 is 6.40. The lowest BCUT2D eigenvalue weighted by atomic mass is 9.51. The van der Waals surface area contributed by atoms with Gasteiger partial charge in [-0.15, -0.1) is 0 Å². The zero-order valence-electron chi connectivity index (χ0n) is 15.0. The van der Waals surface area contributed by atoms with E-state index in [1.165, 1.54) is 44.9 Å². The molecule has 0 N–H and O–H groups in total. The van der Waals surface area contributed by atoms with Crippen LogP contribution in [-0.4, -0.2) is 18.0 Å². The highest BCUT2D eigenvalue weighted by atomic mass is 16.5. The van der Waals surface area contributed by atoms with Gasteiger partial charge < -0.3 is 4.74 Å². The highest BCUT2D eigenvalue weighted by Gasteiger charge is 2.64. The summed E-state index contributed by atoms with van der Waals surface area (Å²) in [6.07, 6.45) is 16.4. The lowest BCUT2D eigenvalue weighted by Gasteiger charge is -2.55. The highest BCUT2D eigenvalue weighted by molar-refractivity contribution is 5.82. The quantitative estimate of drug-likeness (QED) is 0.635. The van der Waals surface area contributed by atoms with Gasteiger partial charge in [-0.2, -0.15) is 0 Å². The van der Waals surface area contributed by atoms with E-state index in [-0.39, 0.29) is 5.60 Å². The number of Topliss-reactive ketones (excluding diaryl/α,β-unsaturated/α-hetero) is 1. The normalized spacial score (nSPS) is 47.0. The second kappa shape index (κ2) is 5.30. The van der Waals surface area contributed by atoms with E-state index < -0.39 is 0 Å². The van der Waals surface area contributed by atoms with Crippen LogP contribution in [-0.2, 0) is 9.53 Å². The van der Waals surface area contributed by atoms with Crippen LogP contribution >= 0.6 is 0 Å². The maximum absolute atomic E-state index is 11.9. The second-order valence-corrected chi connectivity index (χ2v) is 8.95. The molecule has 0 saturated heterocycles. The van der Waals surface area contributed by atoms with Gasteiger partial charge in [-0.05, 0) is 69.1 Å². The van der Waals surface area contributed by atoms with Gasteiger partial charge in [-0.25, -0.2) is 0 Å². The third-order valence-corrected chi connectivity index (χ3v) is 8.53. The summed E-state index contributed by atoms with van der Waals surface area (Å²) in [5.41, 5.74) is 3.69. The van der Waals surface area contributed by atoms with E-state index >= 15 is 0 Å². The number of carbonyl (C=O) groups is 1. The number of ether oxygens (including phenoxy) is 1. The van der Waals surface area contributed by atoms with Crippen LogP contribution in [0.3, 0.4) is 0 Å². The minimum absolute atomic E-state index is 0.0502. The Balaban J connectivity index is 1.50. The van der Waals surface area contributed by atoms with Gasteiger partial charge in [0.15, 0.2) is 0 Å². The highest BCUT2D eigenvalue weighted by Crippen LogP contribution is 2.67. The van der Waals surface area contributed by atoms with E-state index in [9.17, 15) is 4.79 Å². The standard InChI is InChI=1S/C22H30O2/c1-2-21-11-8-18-17-7-5-16(23)14-15(17)4-6-19(18)20(21)9-12-22(21)10-3-13-24-22/h3,10,18-20H,2,4-9,11-14H2,1H3/t18?,19?,20?,21-,22-/m0/s1. The van der Waals surface area contributed by atoms with Gasteiger partial charge in [0, 0.05) is 18.3 Å². The average Bonchev–Trinajstić information content (AvgIpc) is 3.21. The minimum Gasteiger partial charge on any atom is -0.366 e. The van der Waals surface area contributed by atoms with Crippen LogP contribution in [0, 0.1) is 23.2 Å². The molecule has 0 radical (unpaired) electrons. The first-order chi connectivity index (χ1) is 11.7. The van der Waals surface area contributed by atoms with Crippen molar-refractivity contribution in [1.82, 2.24) is 0 Å². The van der Waals surface area contributed by atoms with Gasteiger partial charge in [-0.3, -0.25) is 4.79 Å². The molecule has 2 fully saturated rings. The van der Waals surface area contributed by atoms with E-state index in [1.807, 2.05) is 0 Å². The zero-order valence-corrected chi connectivity index (χ0v) is 15.0. The van der Waals surface area contributed by atoms with Gasteiger partial charge in [-0.1, -0.05) is 30.2 Å². The number of hydrogen-bond donors (Lipinski definition) is 0. The zero-order chi connectivity index (χ0) is 16.4. The largest absolute Gasteiger partial charge is 0.366 e. The first kappa shape index (κ1) is 15.4. The second-order valence-electron chi connectivity index (χ2n) is 8.95. The summed E-state index contributed by atoms with van der Waals surface area (Å²) in [7, 11) is 0. The number of allylic oxidation sites excluding steroid dienone is 2. The Morgan fingerprint density at radius 1 is 1.17 bits per heavy atom. The number of ketones is 1. The van der Waals surface area contributed by atoms with Crippen molar-refractivity contribution < 1.29 is 9.53 Å².